The molecule has 3 aromatic heterocycles. The number of fused-ring (bicyclic) bond motifs is 1. The van der Waals surface area contributed by atoms with Crippen LogP contribution in [0.2, 0.25) is 0 Å². The van der Waals surface area contributed by atoms with E-state index in [-0.39, 0.29) is 24.5 Å². The Balaban J connectivity index is 1.62. The second-order valence-corrected chi connectivity index (χ2v) is 7.84. The van der Waals surface area contributed by atoms with Crippen molar-refractivity contribution in [3.8, 4) is 17.0 Å². The van der Waals surface area contributed by atoms with Crippen LogP contribution in [0.1, 0.15) is 38.3 Å². The molecule has 1 saturated carbocycles. The Morgan fingerprint density at radius 2 is 1.93 bits per heavy atom. The zero-order chi connectivity index (χ0) is 21.5. The van der Waals surface area contributed by atoms with E-state index < -0.39 is 12.1 Å². The zero-order valence-electron chi connectivity index (χ0n) is 16.9. The SMILES string of the molecule is CCn1c(=O)ccc2[nH]cc(-c3cc(OC4CCC(C(F)(F)F)CC4)cc(C)n3)c21. The average Bonchev–Trinajstić information content (AvgIpc) is 3.11. The number of nitrogens with zero attached hydrogens (tertiary/aromatic N) is 2. The monoisotopic (exact) mass is 419 g/mol. The summed E-state index contributed by atoms with van der Waals surface area (Å²) in [5, 5.41) is 0. The van der Waals surface area contributed by atoms with Crippen molar-refractivity contribution in [2.24, 2.45) is 5.92 Å². The van der Waals surface area contributed by atoms with Gasteiger partial charge >= 0.3 is 6.18 Å². The molecule has 0 bridgehead atoms. The van der Waals surface area contributed by atoms with Crippen LogP contribution in [0.25, 0.3) is 22.3 Å². The van der Waals surface area contributed by atoms with Gasteiger partial charge in [-0.15, -0.1) is 0 Å². The first-order chi connectivity index (χ1) is 14.3. The molecule has 0 atom stereocenters. The van der Waals surface area contributed by atoms with Crippen molar-refractivity contribution in [1.82, 2.24) is 14.5 Å². The highest BCUT2D eigenvalue weighted by Gasteiger charge is 2.41. The third-order valence-electron chi connectivity index (χ3n) is 5.77. The maximum atomic E-state index is 12.9. The number of hydrogen-bond donors (Lipinski definition) is 1. The van der Waals surface area contributed by atoms with Crippen LogP contribution in [-0.2, 0) is 6.54 Å². The maximum Gasteiger partial charge on any atom is 0.391 e. The van der Waals surface area contributed by atoms with Crippen molar-refractivity contribution >= 4 is 11.0 Å². The lowest BCUT2D eigenvalue weighted by molar-refractivity contribution is -0.185. The Hall–Kier alpha value is -2.77. The Morgan fingerprint density at radius 1 is 1.20 bits per heavy atom. The maximum absolute atomic E-state index is 12.9. The van der Waals surface area contributed by atoms with Gasteiger partial charge < -0.3 is 14.3 Å². The molecule has 1 N–H and O–H groups in total. The fourth-order valence-corrected chi connectivity index (χ4v) is 4.26. The minimum Gasteiger partial charge on any atom is -0.490 e. The Labute approximate surface area is 171 Å². The molecule has 0 amide bonds. The molecule has 3 heterocycles. The van der Waals surface area contributed by atoms with Crippen LogP contribution in [0.5, 0.6) is 5.75 Å². The summed E-state index contributed by atoms with van der Waals surface area (Å²) in [7, 11) is 0. The molecule has 0 spiro atoms. The van der Waals surface area contributed by atoms with Crippen molar-refractivity contribution < 1.29 is 17.9 Å². The number of halogens is 3. The third kappa shape index (κ3) is 3.95. The first kappa shape index (κ1) is 20.5. The molecule has 0 saturated heterocycles. The topological polar surface area (TPSA) is 59.9 Å². The summed E-state index contributed by atoms with van der Waals surface area (Å²) >= 11 is 0. The number of hydrogen-bond acceptors (Lipinski definition) is 3. The van der Waals surface area contributed by atoms with Gasteiger partial charge in [0.2, 0.25) is 0 Å². The van der Waals surface area contributed by atoms with Gasteiger partial charge in [0, 0.05) is 42.2 Å². The number of aromatic nitrogens is 3. The summed E-state index contributed by atoms with van der Waals surface area (Å²) < 4.78 is 46.4. The van der Waals surface area contributed by atoms with E-state index in [0.717, 1.165) is 22.3 Å². The zero-order valence-corrected chi connectivity index (χ0v) is 16.9. The molecule has 30 heavy (non-hydrogen) atoms. The molecule has 0 unspecified atom stereocenters. The minimum atomic E-state index is -4.13. The number of pyridine rings is 2. The molecule has 3 aromatic rings. The van der Waals surface area contributed by atoms with E-state index in [0.29, 0.717) is 30.8 Å². The van der Waals surface area contributed by atoms with E-state index in [1.165, 1.54) is 6.07 Å². The molecule has 5 nitrogen and oxygen atoms in total. The lowest BCUT2D eigenvalue weighted by Gasteiger charge is -2.30. The van der Waals surface area contributed by atoms with Crippen LogP contribution in [-0.4, -0.2) is 26.8 Å². The van der Waals surface area contributed by atoms with Crippen molar-refractivity contribution in [1.29, 1.82) is 0 Å². The third-order valence-corrected chi connectivity index (χ3v) is 5.77. The number of rotatable bonds is 4. The molecule has 160 valence electrons. The first-order valence-corrected chi connectivity index (χ1v) is 10.2. The Bertz CT molecular complexity index is 1110. The summed E-state index contributed by atoms with van der Waals surface area (Å²) in [5.74, 6) is -0.646. The lowest BCUT2D eigenvalue weighted by atomic mass is 9.87. The van der Waals surface area contributed by atoms with Gasteiger partial charge in [-0.25, -0.2) is 0 Å². The van der Waals surface area contributed by atoms with E-state index in [4.69, 9.17) is 4.74 Å². The van der Waals surface area contributed by atoms with E-state index in [1.54, 1.807) is 22.8 Å². The van der Waals surface area contributed by atoms with Gasteiger partial charge in [0.05, 0.1) is 28.7 Å². The van der Waals surface area contributed by atoms with Gasteiger partial charge in [0.25, 0.3) is 5.56 Å². The summed E-state index contributed by atoms with van der Waals surface area (Å²) in [5.41, 5.74) is 3.72. The quantitative estimate of drug-likeness (QED) is 0.631. The first-order valence-electron chi connectivity index (χ1n) is 10.2. The van der Waals surface area contributed by atoms with Crippen LogP contribution in [0.3, 0.4) is 0 Å². The highest BCUT2D eigenvalue weighted by atomic mass is 19.4. The number of alkyl halides is 3. The van der Waals surface area contributed by atoms with E-state index in [9.17, 15) is 18.0 Å². The van der Waals surface area contributed by atoms with Crippen LogP contribution < -0.4 is 10.3 Å². The molecule has 8 heteroatoms. The highest BCUT2D eigenvalue weighted by Crippen LogP contribution is 2.39. The minimum absolute atomic E-state index is 0.0867. The lowest BCUT2D eigenvalue weighted by Crippen LogP contribution is -2.31. The van der Waals surface area contributed by atoms with Gasteiger partial charge in [-0.05, 0) is 45.6 Å². The normalized spacial score (nSPS) is 19.9. The van der Waals surface area contributed by atoms with Gasteiger partial charge in [-0.2, -0.15) is 13.2 Å². The number of H-pyrrole nitrogens is 1. The number of aryl methyl sites for hydroxylation is 2. The van der Waals surface area contributed by atoms with Gasteiger partial charge in [0.15, 0.2) is 0 Å². The molecular weight excluding hydrogens is 395 g/mol. The number of nitrogens with one attached hydrogen (secondary N) is 1. The molecule has 0 aromatic carbocycles. The summed E-state index contributed by atoms with van der Waals surface area (Å²) in [4.78, 5) is 20.0. The van der Waals surface area contributed by atoms with Crippen LogP contribution in [0.15, 0.2) is 35.3 Å². The highest BCUT2D eigenvalue weighted by molar-refractivity contribution is 5.92. The summed E-state index contributed by atoms with van der Waals surface area (Å²) in [6.07, 6.45) is -1.61. The fraction of sp³-hybridized carbons (Fsp3) is 0.455. The molecule has 1 aliphatic rings. The molecule has 0 aliphatic heterocycles. The smallest absolute Gasteiger partial charge is 0.391 e. The standard InChI is InChI=1S/C22H24F3N3O2/c1-3-28-20(29)9-8-18-21(28)17(12-26-18)19-11-16(10-13(2)27-19)30-15-6-4-14(5-7-15)22(23,24)25/h8-12,14-15,26H,3-7H2,1-2H3. The van der Waals surface area contributed by atoms with Crippen LogP contribution in [0, 0.1) is 12.8 Å². The molecule has 1 aliphatic carbocycles. The summed E-state index contributed by atoms with van der Waals surface area (Å²) in [6, 6.07) is 6.87. The van der Waals surface area contributed by atoms with Crippen LogP contribution in [0.4, 0.5) is 13.2 Å². The Morgan fingerprint density at radius 3 is 2.60 bits per heavy atom. The molecule has 1 fully saturated rings. The van der Waals surface area contributed by atoms with E-state index in [1.807, 2.05) is 20.0 Å². The van der Waals surface area contributed by atoms with Crippen molar-refractivity contribution in [2.45, 2.75) is 58.4 Å². The number of aromatic amines is 1. The second-order valence-electron chi connectivity index (χ2n) is 7.84. The average molecular weight is 419 g/mol. The van der Waals surface area contributed by atoms with Gasteiger partial charge in [-0.1, -0.05) is 0 Å². The van der Waals surface area contributed by atoms with Gasteiger partial charge in [0.1, 0.15) is 5.75 Å². The fourth-order valence-electron chi connectivity index (χ4n) is 4.26. The van der Waals surface area contributed by atoms with Crippen molar-refractivity contribution in [3.63, 3.8) is 0 Å². The van der Waals surface area contributed by atoms with Crippen molar-refractivity contribution in [2.75, 3.05) is 0 Å². The second kappa shape index (κ2) is 7.81. The Kier molecular flexibility index (Phi) is 5.34. The van der Waals surface area contributed by atoms with E-state index in [2.05, 4.69) is 9.97 Å². The van der Waals surface area contributed by atoms with Crippen LogP contribution >= 0.6 is 0 Å². The van der Waals surface area contributed by atoms with E-state index >= 15 is 0 Å². The molecular formula is C22H24F3N3O2. The summed E-state index contributed by atoms with van der Waals surface area (Å²) in [6.45, 7) is 4.28. The number of ether oxygens (including phenoxy) is 1. The predicted octanol–water partition coefficient (Wildman–Crippen LogP) is 5.22. The van der Waals surface area contributed by atoms with Crippen molar-refractivity contribution in [3.05, 3.63) is 46.5 Å². The molecule has 0 radical (unpaired) electrons. The van der Waals surface area contributed by atoms with Gasteiger partial charge in [-0.3, -0.25) is 9.78 Å². The largest absolute Gasteiger partial charge is 0.490 e. The predicted molar refractivity (Wildman–Crippen MR) is 109 cm³/mol. The molecule has 4 rings (SSSR count).